The van der Waals surface area contributed by atoms with Crippen molar-refractivity contribution >= 4 is 34.2 Å². The van der Waals surface area contributed by atoms with E-state index in [-0.39, 0.29) is 5.91 Å². The van der Waals surface area contributed by atoms with E-state index in [0.717, 1.165) is 28.1 Å². The summed E-state index contributed by atoms with van der Waals surface area (Å²) < 4.78 is 0. The van der Waals surface area contributed by atoms with Crippen molar-refractivity contribution in [3.05, 3.63) is 48.5 Å². The molecule has 1 heterocycles. The number of hydrogen-bond acceptors (Lipinski definition) is 2. The SMILES string of the molecule is O=C(CCCl)Nc1ccc(-c2nc3ccccc3[nH]2)cc1. The van der Waals surface area contributed by atoms with E-state index in [4.69, 9.17) is 11.6 Å². The van der Waals surface area contributed by atoms with Gasteiger partial charge in [-0.05, 0) is 36.4 Å². The Hall–Kier alpha value is -2.33. The molecule has 1 amide bonds. The first-order valence-corrected chi connectivity index (χ1v) is 7.21. The number of imidazole rings is 1. The average Bonchev–Trinajstić information content (AvgIpc) is 2.92. The maximum atomic E-state index is 11.5. The first-order valence-electron chi connectivity index (χ1n) is 6.67. The van der Waals surface area contributed by atoms with Crippen molar-refractivity contribution in [3.8, 4) is 11.4 Å². The van der Waals surface area contributed by atoms with Gasteiger partial charge < -0.3 is 10.3 Å². The van der Waals surface area contributed by atoms with E-state index in [1.54, 1.807) is 0 Å². The predicted molar refractivity (Wildman–Crippen MR) is 85.5 cm³/mol. The number of halogens is 1. The molecule has 3 rings (SSSR count). The molecule has 4 nitrogen and oxygen atoms in total. The number of para-hydroxylation sites is 2. The standard InChI is InChI=1S/C16H14ClN3O/c17-10-9-15(21)18-12-7-5-11(6-8-12)16-19-13-3-1-2-4-14(13)20-16/h1-8H,9-10H2,(H,18,21)(H,19,20). The number of aromatic nitrogens is 2. The van der Waals surface area contributed by atoms with Gasteiger partial charge in [0.05, 0.1) is 11.0 Å². The van der Waals surface area contributed by atoms with Gasteiger partial charge in [0, 0.05) is 23.6 Å². The lowest BCUT2D eigenvalue weighted by Crippen LogP contribution is -2.11. The molecule has 0 spiro atoms. The summed E-state index contributed by atoms with van der Waals surface area (Å²) in [5, 5.41) is 2.79. The highest BCUT2D eigenvalue weighted by Crippen LogP contribution is 2.22. The lowest BCUT2D eigenvalue weighted by atomic mass is 10.2. The molecule has 0 atom stereocenters. The second kappa shape index (κ2) is 5.97. The van der Waals surface area contributed by atoms with Crippen molar-refractivity contribution in [2.45, 2.75) is 6.42 Å². The molecule has 3 aromatic rings. The number of alkyl halides is 1. The number of fused-ring (bicyclic) bond motifs is 1. The Balaban J connectivity index is 1.81. The molecule has 0 aliphatic carbocycles. The number of carbonyl (C=O) groups is 1. The third kappa shape index (κ3) is 3.06. The van der Waals surface area contributed by atoms with Crippen LogP contribution in [0.5, 0.6) is 0 Å². The number of amides is 1. The number of hydrogen-bond donors (Lipinski definition) is 2. The molecule has 5 heteroatoms. The summed E-state index contributed by atoms with van der Waals surface area (Å²) in [7, 11) is 0. The van der Waals surface area contributed by atoms with Crippen LogP contribution >= 0.6 is 11.6 Å². The van der Waals surface area contributed by atoms with Crippen molar-refractivity contribution in [2.24, 2.45) is 0 Å². The Morgan fingerprint density at radius 1 is 1.14 bits per heavy atom. The van der Waals surface area contributed by atoms with E-state index in [1.165, 1.54) is 0 Å². The minimum Gasteiger partial charge on any atom is -0.338 e. The van der Waals surface area contributed by atoms with Crippen LogP contribution in [0.2, 0.25) is 0 Å². The molecule has 2 N–H and O–H groups in total. The summed E-state index contributed by atoms with van der Waals surface area (Å²) in [6.07, 6.45) is 0.312. The normalized spacial score (nSPS) is 10.7. The number of carbonyl (C=O) groups excluding carboxylic acids is 1. The molecule has 21 heavy (non-hydrogen) atoms. The lowest BCUT2D eigenvalue weighted by molar-refractivity contribution is -0.115. The molecule has 106 valence electrons. The predicted octanol–water partition coefficient (Wildman–Crippen LogP) is 3.80. The number of H-pyrrole nitrogens is 1. The van der Waals surface area contributed by atoms with Gasteiger partial charge in [0.2, 0.25) is 5.91 Å². The summed E-state index contributed by atoms with van der Waals surface area (Å²) in [6.45, 7) is 0. The highest BCUT2D eigenvalue weighted by molar-refractivity contribution is 6.19. The van der Waals surface area contributed by atoms with Gasteiger partial charge in [-0.25, -0.2) is 4.98 Å². The van der Waals surface area contributed by atoms with E-state index in [0.29, 0.717) is 12.3 Å². The minimum absolute atomic E-state index is 0.0820. The number of anilines is 1. The largest absolute Gasteiger partial charge is 0.338 e. The first-order chi connectivity index (χ1) is 10.3. The van der Waals surface area contributed by atoms with E-state index >= 15 is 0 Å². The quantitative estimate of drug-likeness (QED) is 0.720. The van der Waals surface area contributed by atoms with Crippen LogP contribution in [0.4, 0.5) is 5.69 Å². The highest BCUT2D eigenvalue weighted by atomic mass is 35.5. The van der Waals surface area contributed by atoms with E-state index in [9.17, 15) is 4.79 Å². The van der Waals surface area contributed by atoms with Crippen molar-refractivity contribution < 1.29 is 4.79 Å². The Morgan fingerprint density at radius 2 is 1.90 bits per heavy atom. The smallest absolute Gasteiger partial charge is 0.225 e. The van der Waals surface area contributed by atoms with Crippen LogP contribution in [-0.4, -0.2) is 21.8 Å². The molecule has 2 aromatic carbocycles. The summed E-state index contributed by atoms with van der Waals surface area (Å²) in [4.78, 5) is 19.3. The van der Waals surface area contributed by atoms with Crippen LogP contribution in [0.25, 0.3) is 22.4 Å². The number of nitrogens with zero attached hydrogens (tertiary/aromatic N) is 1. The van der Waals surface area contributed by atoms with Crippen molar-refractivity contribution in [2.75, 3.05) is 11.2 Å². The molecule has 0 bridgehead atoms. The van der Waals surface area contributed by atoms with Crippen LogP contribution in [-0.2, 0) is 4.79 Å². The van der Waals surface area contributed by atoms with Crippen molar-refractivity contribution in [3.63, 3.8) is 0 Å². The molecule has 0 unspecified atom stereocenters. The van der Waals surface area contributed by atoms with Gasteiger partial charge in [0.1, 0.15) is 5.82 Å². The number of nitrogens with one attached hydrogen (secondary N) is 2. The zero-order chi connectivity index (χ0) is 14.7. The number of aromatic amines is 1. The molecule has 1 aromatic heterocycles. The van der Waals surface area contributed by atoms with Crippen molar-refractivity contribution in [1.29, 1.82) is 0 Å². The van der Waals surface area contributed by atoms with Crippen LogP contribution in [0.3, 0.4) is 0 Å². The van der Waals surface area contributed by atoms with E-state index < -0.39 is 0 Å². The van der Waals surface area contributed by atoms with Gasteiger partial charge in [-0.1, -0.05) is 12.1 Å². The van der Waals surface area contributed by atoms with Gasteiger partial charge in [0.15, 0.2) is 0 Å². The average molecular weight is 300 g/mol. The minimum atomic E-state index is -0.0820. The Kier molecular flexibility index (Phi) is 3.88. The second-order valence-corrected chi connectivity index (χ2v) is 5.05. The molecule has 0 radical (unpaired) electrons. The highest BCUT2D eigenvalue weighted by Gasteiger charge is 2.05. The molecule has 0 saturated carbocycles. The Labute approximate surface area is 127 Å². The third-order valence-corrected chi connectivity index (χ3v) is 3.34. The summed E-state index contributed by atoms with van der Waals surface area (Å²) in [6, 6.07) is 15.5. The van der Waals surface area contributed by atoms with E-state index in [1.807, 2.05) is 48.5 Å². The van der Waals surface area contributed by atoms with Gasteiger partial charge in [-0.3, -0.25) is 4.79 Å². The molecule has 0 aliphatic heterocycles. The lowest BCUT2D eigenvalue weighted by Gasteiger charge is -2.04. The van der Waals surface area contributed by atoms with Crippen LogP contribution < -0.4 is 5.32 Å². The molecular formula is C16H14ClN3O. The van der Waals surface area contributed by atoms with Gasteiger partial charge in [0.25, 0.3) is 0 Å². The molecule has 0 aliphatic rings. The fourth-order valence-corrected chi connectivity index (χ4v) is 2.28. The summed E-state index contributed by atoms with van der Waals surface area (Å²) in [5.74, 6) is 1.06. The van der Waals surface area contributed by atoms with Gasteiger partial charge in [-0.15, -0.1) is 11.6 Å². The first kappa shape index (κ1) is 13.6. The monoisotopic (exact) mass is 299 g/mol. The third-order valence-electron chi connectivity index (χ3n) is 3.15. The summed E-state index contributed by atoms with van der Waals surface area (Å²) in [5.41, 5.74) is 3.67. The molecule has 0 fully saturated rings. The Bertz CT molecular complexity index is 732. The number of benzene rings is 2. The maximum Gasteiger partial charge on any atom is 0.225 e. The molecular weight excluding hydrogens is 286 g/mol. The fraction of sp³-hybridized carbons (Fsp3) is 0.125. The fourth-order valence-electron chi connectivity index (χ4n) is 2.11. The number of rotatable bonds is 4. The zero-order valence-corrected chi connectivity index (χ0v) is 12.0. The second-order valence-electron chi connectivity index (χ2n) is 4.67. The topological polar surface area (TPSA) is 57.8 Å². The zero-order valence-electron chi connectivity index (χ0n) is 11.3. The Morgan fingerprint density at radius 3 is 2.62 bits per heavy atom. The van der Waals surface area contributed by atoms with Crippen molar-refractivity contribution in [1.82, 2.24) is 9.97 Å². The van der Waals surface area contributed by atoms with Crippen LogP contribution in [0.15, 0.2) is 48.5 Å². The van der Waals surface area contributed by atoms with Crippen LogP contribution in [0, 0.1) is 0 Å². The maximum absolute atomic E-state index is 11.5. The van der Waals surface area contributed by atoms with E-state index in [2.05, 4.69) is 15.3 Å². The molecule has 0 saturated heterocycles. The van der Waals surface area contributed by atoms with Crippen LogP contribution in [0.1, 0.15) is 6.42 Å². The van der Waals surface area contributed by atoms with Gasteiger partial charge in [-0.2, -0.15) is 0 Å². The van der Waals surface area contributed by atoms with Gasteiger partial charge >= 0.3 is 0 Å². The summed E-state index contributed by atoms with van der Waals surface area (Å²) >= 11 is 5.53.